The fourth-order valence-corrected chi connectivity index (χ4v) is 3.43. The quantitative estimate of drug-likeness (QED) is 0.747. The normalized spacial score (nSPS) is 35.0. The number of aliphatic hydroxyl groups is 2. The van der Waals surface area contributed by atoms with Crippen LogP contribution >= 0.6 is 0 Å². The lowest BCUT2D eigenvalue weighted by Crippen LogP contribution is -2.57. The molecule has 2 aliphatic rings. The van der Waals surface area contributed by atoms with E-state index < -0.39 is 17.7 Å². The summed E-state index contributed by atoms with van der Waals surface area (Å²) in [5.41, 5.74) is -0.665. The molecule has 1 amide bonds. The summed E-state index contributed by atoms with van der Waals surface area (Å²) < 4.78 is 5.39. The van der Waals surface area contributed by atoms with Gasteiger partial charge in [0.05, 0.1) is 11.6 Å². The molecular formula is C15H19NO4. The van der Waals surface area contributed by atoms with Crippen LogP contribution in [0.25, 0.3) is 0 Å². The molecule has 1 aromatic carbocycles. The zero-order valence-electron chi connectivity index (χ0n) is 11.2. The van der Waals surface area contributed by atoms with Crippen LogP contribution in [0.3, 0.4) is 0 Å². The van der Waals surface area contributed by atoms with Crippen LogP contribution in [0.15, 0.2) is 30.3 Å². The maximum atomic E-state index is 12.0. The molecule has 1 aromatic rings. The Morgan fingerprint density at radius 2 is 2.10 bits per heavy atom. The predicted octanol–water partition coefficient (Wildman–Crippen LogP) is 0.456. The van der Waals surface area contributed by atoms with Gasteiger partial charge in [0, 0.05) is 0 Å². The van der Waals surface area contributed by atoms with Gasteiger partial charge in [-0.3, -0.25) is 4.79 Å². The Labute approximate surface area is 117 Å². The van der Waals surface area contributed by atoms with Gasteiger partial charge in [-0.05, 0) is 37.3 Å². The second-order valence-corrected chi connectivity index (χ2v) is 5.74. The standard InChI is InChI=1S/C15H19NO4/c17-12(9-20-11-4-2-1-3-5-11)16-15-7-6-10(8-15)13(18)14(15)19/h1-5,10,13-14,18-19H,6-9H2,(H,16,17)/t10?,13-,14-,15?/m0/s1. The highest BCUT2D eigenvalue weighted by atomic mass is 16.5. The van der Waals surface area contributed by atoms with Gasteiger partial charge in [0.15, 0.2) is 6.61 Å². The molecule has 5 heteroatoms. The van der Waals surface area contributed by atoms with Gasteiger partial charge in [0.1, 0.15) is 11.9 Å². The summed E-state index contributed by atoms with van der Waals surface area (Å²) in [6.45, 7) is -0.0841. The van der Waals surface area contributed by atoms with Crippen LogP contribution in [0, 0.1) is 5.92 Å². The van der Waals surface area contributed by atoms with Crippen molar-refractivity contribution in [3.63, 3.8) is 0 Å². The van der Waals surface area contributed by atoms with Gasteiger partial charge in [-0.15, -0.1) is 0 Å². The van der Waals surface area contributed by atoms with Crippen LogP contribution in [0.1, 0.15) is 19.3 Å². The largest absolute Gasteiger partial charge is 0.484 e. The van der Waals surface area contributed by atoms with E-state index in [-0.39, 0.29) is 18.4 Å². The van der Waals surface area contributed by atoms with Gasteiger partial charge in [0.25, 0.3) is 5.91 Å². The first-order chi connectivity index (χ1) is 9.61. The number of carbonyl (C=O) groups excluding carboxylic acids is 1. The van der Waals surface area contributed by atoms with Crippen molar-refractivity contribution >= 4 is 5.91 Å². The Kier molecular flexibility index (Phi) is 3.40. The van der Waals surface area contributed by atoms with Crippen LogP contribution in [0.2, 0.25) is 0 Å². The van der Waals surface area contributed by atoms with Gasteiger partial charge >= 0.3 is 0 Å². The number of amides is 1. The summed E-state index contributed by atoms with van der Waals surface area (Å²) in [6.07, 6.45) is 0.610. The number of hydrogen-bond acceptors (Lipinski definition) is 4. The summed E-state index contributed by atoms with van der Waals surface area (Å²) in [5, 5.41) is 22.8. The molecule has 2 bridgehead atoms. The number of rotatable bonds is 4. The van der Waals surface area contributed by atoms with Crippen molar-refractivity contribution in [2.24, 2.45) is 5.92 Å². The lowest BCUT2D eigenvalue weighted by molar-refractivity contribution is -0.127. The zero-order valence-corrected chi connectivity index (χ0v) is 11.2. The molecule has 0 aromatic heterocycles. The molecule has 0 saturated heterocycles. The highest BCUT2D eigenvalue weighted by Gasteiger charge is 2.57. The molecule has 4 atom stereocenters. The van der Waals surface area contributed by atoms with E-state index >= 15 is 0 Å². The average Bonchev–Trinajstić information content (AvgIpc) is 2.97. The van der Waals surface area contributed by atoms with Crippen molar-refractivity contribution in [1.29, 1.82) is 0 Å². The third-order valence-electron chi connectivity index (χ3n) is 4.46. The van der Waals surface area contributed by atoms with Crippen molar-refractivity contribution < 1.29 is 19.7 Å². The van der Waals surface area contributed by atoms with Crippen molar-refractivity contribution in [3.05, 3.63) is 30.3 Å². The minimum absolute atomic E-state index is 0.0841. The zero-order chi connectivity index (χ0) is 14.2. The van der Waals surface area contributed by atoms with Crippen molar-refractivity contribution in [1.82, 2.24) is 5.32 Å². The monoisotopic (exact) mass is 277 g/mol. The third-order valence-corrected chi connectivity index (χ3v) is 4.46. The summed E-state index contributed by atoms with van der Waals surface area (Å²) in [6, 6.07) is 9.12. The van der Waals surface area contributed by atoms with Crippen LogP contribution in [-0.2, 0) is 4.79 Å². The van der Waals surface area contributed by atoms with E-state index in [0.29, 0.717) is 18.6 Å². The topological polar surface area (TPSA) is 78.8 Å². The minimum atomic E-state index is -0.873. The predicted molar refractivity (Wildman–Crippen MR) is 72.2 cm³/mol. The summed E-state index contributed by atoms with van der Waals surface area (Å²) in [7, 11) is 0. The number of benzene rings is 1. The molecule has 0 radical (unpaired) electrons. The lowest BCUT2D eigenvalue weighted by atomic mass is 9.89. The summed E-state index contributed by atoms with van der Waals surface area (Å²) in [5.74, 6) is 0.472. The Bertz CT molecular complexity index is 492. The SMILES string of the molecule is O=C(COc1ccccc1)NC12CCC(C1)[C@H](O)[C@@H]2O. The number of para-hydroxylation sites is 1. The molecule has 20 heavy (non-hydrogen) atoms. The smallest absolute Gasteiger partial charge is 0.258 e. The van der Waals surface area contributed by atoms with E-state index in [9.17, 15) is 15.0 Å². The first-order valence-electron chi connectivity index (χ1n) is 6.96. The summed E-state index contributed by atoms with van der Waals surface area (Å²) in [4.78, 5) is 12.0. The first-order valence-corrected chi connectivity index (χ1v) is 6.96. The van der Waals surface area contributed by atoms with Gasteiger partial charge in [0.2, 0.25) is 0 Å². The first kappa shape index (κ1) is 13.4. The van der Waals surface area contributed by atoms with E-state index in [2.05, 4.69) is 5.32 Å². The molecule has 3 rings (SSSR count). The van der Waals surface area contributed by atoms with Crippen LogP contribution in [0.4, 0.5) is 0 Å². The van der Waals surface area contributed by atoms with E-state index in [4.69, 9.17) is 4.74 Å². The third kappa shape index (κ3) is 2.27. The molecule has 3 N–H and O–H groups in total. The van der Waals surface area contributed by atoms with Gasteiger partial charge < -0.3 is 20.3 Å². The molecule has 108 valence electrons. The molecular weight excluding hydrogens is 258 g/mol. The number of fused-ring (bicyclic) bond motifs is 2. The van der Waals surface area contributed by atoms with Crippen molar-refractivity contribution in [2.75, 3.05) is 6.61 Å². The second kappa shape index (κ2) is 5.07. The lowest BCUT2D eigenvalue weighted by Gasteiger charge is -2.34. The van der Waals surface area contributed by atoms with Crippen LogP contribution in [-0.4, -0.2) is 40.5 Å². The molecule has 2 saturated carbocycles. The molecule has 0 heterocycles. The Morgan fingerprint density at radius 1 is 1.35 bits per heavy atom. The molecule has 2 fully saturated rings. The number of nitrogens with one attached hydrogen (secondary N) is 1. The summed E-state index contributed by atoms with van der Waals surface area (Å²) >= 11 is 0. The Morgan fingerprint density at radius 3 is 2.75 bits per heavy atom. The van der Waals surface area contributed by atoms with E-state index in [0.717, 1.165) is 6.42 Å². The Balaban J connectivity index is 1.57. The van der Waals surface area contributed by atoms with Crippen LogP contribution < -0.4 is 10.1 Å². The van der Waals surface area contributed by atoms with E-state index in [1.807, 2.05) is 18.2 Å². The van der Waals surface area contributed by atoms with E-state index in [1.165, 1.54) is 0 Å². The molecule has 0 spiro atoms. The van der Waals surface area contributed by atoms with E-state index in [1.54, 1.807) is 12.1 Å². The van der Waals surface area contributed by atoms with Crippen LogP contribution in [0.5, 0.6) is 5.75 Å². The van der Waals surface area contributed by atoms with Gasteiger partial charge in [-0.1, -0.05) is 18.2 Å². The number of hydrogen-bond donors (Lipinski definition) is 3. The highest BCUT2D eigenvalue weighted by Crippen LogP contribution is 2.47. The number of aliphatic hydroxyl groups excluding tert-OH is 2. The van der Waals surface area contributed by atoms with Gasteiger partial charge in [-0.25, -0.2) is 0 Å². The van der Waals surface area contributed by atoms with Crippen molar-refractivity contribution in [2.45, 2.75) is 37.0 Å². The minimum Gasteiger partial charge on any atom is -0.484 e. The van der Waals surface area contributed by atoms with Gasteiger partial charge in [-0.2, -0.15) is 0 Å². The maximum absolute atomic E-state index is 12.0. The molecule has 5 nitrogen and oxygen atoms in total. The fourth-order valence-electron chi connectivity index (χ4n) is 3.43. The maximum Gasteiger partial charge on any atom is 0.258 e. The number of carbonyl (C=O) groups is 1. The second-order valence-electron chi connectivity index (χ2n) is 5.74. The highest BCUT2D eigenvalue weighted by molar-refractivity contribution is 5.78. The Hall–Kier alpha value is -1.59. The fraction of sp³-hybridized carbons (Fsp3) is 0.533. The number of ether oxygens (including phenoxy) is 1. The average molecular weight is 277 g/mol. The molecule has 2 aliphatic carbocycles. The molecule has 0 aliphatic heterocycles. The molecule has 2 unspecified atom stereocenters. The van der Waals surface area contributed by atoms with Crippen molar-refractivity contribution in [3.8, 4) is 5.75 Å².